The van der Waals surface area contributed by atoms with Crippen LogP contribution in [-0.4, -0.2) is 20.6 Å². The lowest BCUT2D eigenvalue weighted by atomic mass is 10.1. The Balaban J connectivity index is 0. The van der Waals surface area contributed by atoms with Gasteiger partial charge in [0.25, 0.3) is 0 Å². The monoisotopic (exact) mass is 477 g/mol. The van der Waals surface area contributed by atoms with Gasteiger partial charge in [0.2, 0.25) is 0 Å². The van der Waals surface area contributed by atoms with E-state index in [-0.39, 0.29) is 0 Å². The first-order chi connectivity index (χ1) is 7.33. The quantitative estimate of drug-likeness (QED) is 0.221. The van der Waals surface area contributed by atoms with Gasteiger partial charge in [-0.25, -0.2) is 0 Å². The Morgan fingerprint density at radius 2 is 1.00 bits per heavy atom. The van der Waals surface area contributed by atoms with Crippen molar-refractivity contribution in [1.29, 1.82) is 0 Å². The highest BCUT2D eigenvalue weighted by molar-refractivity contribution is 14.1. The highest BCUT2D eigenvalue weighted by Gasteiger charge is 1.88. The third-order valence-corrected chi connectivity index (χ3v) is 3.70. The van der Waals surface area contributed by atoms with Crippen molar-refractivity contribution in [3.8, 4) is 0 Å². The summed E-state index contributed by atoms with van der Waals surface area (Å²) < 4.78 is 2.67. The van der Waals surface area contributed by atoms with Gasteiger partial charge in [0.05, 0.1) is 0 Å². The molecule has 0 rings (SSSR count). The second-order valence-corrected chi connectivity index (χ2v) is 5.87. The van der Waals surface area contributed by atoms with E-state index < -0.39 is 0 Å². The lowest BCUT2D eigenvalue weighted by molar-refractivity contribution is 0.633. The highest BCUT2D eigenvalue weighted by atomic mass is 127. The van der Waals surface area contributed by atoms with E-state index in [1.54, 1.807) is 6.42 Å². The molecule has 0 amide bonds. The van der Waals surface area contributed by atoms with Crippen molar-refractivity contribution in [3.63, 3.8) is 0 Å². The molecule has 15 heavy (non-hydrogen) atoms. The third kappa shape index (κ3) is 25.9. The molecule has 0 fully saturated rings. The molecule has 0 nitrogen and oxygen atoms in total. The van der Waals surface area contributed by atoms with Gasteiger partial charge in [-0.3, -0.25) is 0 Å². The molecule has 0 aliphatic rings. The van der Waals surface area contributed by atoms with Crippen LogP contribution in [-0.2, 0) is 0 Å². The van der Waals surface area contributed by atoms with E-state index in [1.807, 2.05) is 0 Å². The first-order valence-electron chi connectivity index (χ1n) is 5.39. The van der Waals surface area contributed by atoms with Crippen molar-refractivity contribution in [1.82, 2.24) is 0 Å². The van der Waals surface area contributed by atoms with Crippen LogP contribution in [0.1, 0.15) is 38.5 Å². The zero-order chi connectivity index (χ0) is 11.8. The molecular formula is C11H21Cl2I2. The van der Waals surface area contributed by atoms with E-state index in [0.29, 0.717) is 11.8 Å². The summed E-state index contributed by atoms with van der Waals surface area (Å²) in [6.07, 6.45) is 10.4. The highest BCUT2D eigenvalue weighted by Crippen LogP contribution is 2.07. The molecule has 1 radical (unpaired) electrons. The van der Waals surface area contributed by atoms with Crippen LogP contribution in [0.25, 0.3) is 0 Å². The van der Waals surface area contributed by atoms with E-state index in [1.165, 1.54) is 47.4 Å². The normalized spacial score (nSPS) is 9.60. The molecule has 0 heterocycles. The molecule has 0 bridgehead atoms. The van der Waals surface area contributed by atoms with Crippen molar-refractivity contribution < 1.29 is 0 Å². The van der Waals surface area contributed by atoms with Gasteiger partial charge in [-0.05, 0) is 28.1 Å². The van der Waals surface area contributed by atoms with Gasteiger partial charge < -0.3 is 0 Å². The van der Waals surface area contributed by atoms with Crippen molar-refractivity contribution >= 4 is 68.4 Å². The summed E-state index contributed by atoms with van der Waals surface area (Å²) in [5, 5.41) is 0. The van der Waals surface area contributed by atoms with E-state index in [4.69, 9.17) is 23.2 Å². The Labute approximate surface area is 133 Å². The first-order valence-corrected chi connectivity index (χ1v) is 9.51. The minimum Gasteiger partial charge on any atom is -0.126 e. The number of rotatable bonds is 9. The van der Waals surface area contributed by atoms with Crippen LogP contribution in [0.2, 0.25) is 0 Å². The van der Waals surface area contributed by atoms with Gasteiger partial charge in [0, 0.05) is 11.8 Å². The van der Waals surface area contributed by atoms with E-state index in [9.17, 15) is 0 Å². The lowest BCUT2D eigenvalue weighted by Gasteiger charge is -1.96. The molecule has 0 aromatic heterocycles. The number of halogens is 4. The summed E-state index contributed by atoms with van der Waals surface area (Å²) in [7, 11) is 0. The maximum atomic E-state index is 5.16. The Morgan fingerprint density at radius 1 is 0.667 bits per heavy atom. The molecule has 0 aromatic rings. The maximum Gasteiger partial charge on any atom is 0.0266 e. The second-order valence-electron chi connectivity index (χ2n) is 3.10. The topological polar surface area (TPSA) is 0 Å². The van der Waals surface area contributed by atoms with Crippen LogP contribution in [0, 0.1) is 6.42 Å². The zero-order valence-corrected chi connectivity index (χ0v) is 15.0. The summed E-state index contributed by atoms with van der Waals surface area (Å²) in [6, 6.07) is 0. The van der Waals surface area contributed by atoms with Gasteiger partial charge >= 0.3 is 0 Å². The SMILES string of the molecule is ClC[CH]CCl.ICCCCCCCCI. The Kier molecular flexibility index (Phi) is 27.6. The maximum absolute atomic E-state index is 5.16. The minimum atomic E-state index is 0.559. The third-order valence-electron chi connectivity index (χ3n) is 1.74. The smallest absolute Gasteiger partial charge is 0.0266 e. The number of unbranched alkanes of at least 4 members (excludes halogenated alkanes) is 5. The Hall–Kier alpha value is 2.04. The predicted octanol–water partition coefficient (Wildman–Crippen LogP) is 5.87. The molecule has 0 spiro atoms. The molecule has 0 saturated carbocycles. The molecule has 0 aliphatic heterocycles. The molecule has 93 valence electrons. The van der Waals surface area contributed by atoms with Crippen LogP contribution in [0.15, 0.2) is 0 Å². The van der Waals surface area contributed by atoms with Crippen LogP contribution in [0.3, 0.4) is 0 Å². The number of hydrogen-bond acceptors (Lipinski definition) is 0. The zero-order valence-electron chi connectivity index (χ0n) is 9.16. The standard InChI is InChI=1S/C8H16I2.C3H5Cl2/c9-7-5-3-1-2-4-6-8-10;4-2-1-3-5/h1-8H2;1H,2-3H2. The second kappa shape index (κ2) is 21.3. The summed E-state index contributed by atoms with van der Waals surface area (Å²) in [5.41, 5.74) is 0. The molecule has 0 saturated heterocycles. The van der Waals surface area contributed by atoms with Crippen molar-refractivity contribution in [2.75, 3.05) is 20.6 Å². The molecule has 0 unspecified atom stereocenters. The number of hydrogen-bond donors (Lipinski definition) is 0. The summed E-state index contributed by atoms with van der Waals surface area (Å²) in [4.78, 5) is 0. The van der Waals surface area contributed by atoms with Gasteiger partial charge in [-0.15, -0.1) is 23.2 Å². The summed E-state index contributed by atoms with van der Waals surface area (Å²) >= 11 is 15.2. The Morgan fingerprint density at radius 3 is 1.20 bits per heavy atom. The van der Waals surface area contributed by atoms with E-state index in [2.05, 4.69) is 45.2 Å². The van der Waals surface area contributed by atoms with Crippen LogP contribution >= 0.6 is 68.4 Å². The molecule has 4 heteroatoms. The summed E-state index contributed by atoms with van der Waals surface area (Å²) in [6.45, 7) is 0. The fourth-order valence-electron chi connectivity index (χ4n) is 0.937. The van der Waals surface area contributed by atoms with Crippen molar-refractivity contribution in [2.24, 2.45) is 0 Å². The van der Waals surface area contributed by atoms with Crippen molar-refractivity contribution in [2.45, 2.75) is 38.5 Å². The van der Waals surface area contributed by atoms with Crippen molar-refractivity contribution in [3.05, 3.63) is 6.42 Å². The molecule has 0 aliphatic carbocycles. The number of alkyl halides is 4. The fourth-order valence-corrected chi connectivity index (χ4v) is 2.35. The van der Waals surface area contributed by atoms with Gasteiger partial charge in [-0.2, -0.15) is 0 Å². The summed E-state index contributed by atoms with van der Waals surface area (Å²) in [5.74, 6) is 1.12. The average molecular weight is 478 g/mol. The van der Waals surface area contributed by atoms with E-state index >= 15 is 0 Å². The fraction of sp³-hybridized carbons (Fsp3) is 0.909. The molecule has 0 N–H and O–H groups in total. The largest absolute Gasteiger partial charge is 0.126 e. The molecule has 0 atom stereocenters. The van der Waals surface area contributed by atoms with Gasteiger partial charge in [-0.1, -0.05) is 70.9 Å². The van der Waals surface area contributed by atoms with Crippen LogP contribution in [0.5, 0.6) is 0 Å². The first kappa shape index (κ1) is 19.4. The lowest BCUT2D eigenvalue weighted by Crippen LogP contribution is -1.80. The van der Waals surface area contributed by atoms with Gasteiger partial charge in [0.1, 0.15) is 0 Å². The average Bonchev–Trinajstić information content (AvgIpc) is 2.25. The van der Waals surface area contributed by atoms with Gasteiger partial charge in [0.15, 0.2) is 0 Å². The van der Waals surface area contributed by atoms with Crippen LogP contribution in [0.4, 0.5) is 0 Å². The molecular weight excluding hydrogens is 457 g/mol. The Bertz CT molecular complexity index is 82.7. The minimum absolute atomic E-state index is 0.559. The predicted molar refractivity (Wildman–Crippen MR) is 91.2 cm³/mol. The molecule has 0 aromatic carbocycles. The van der Waals surface area contributed by atoms with E-state index in [0.717, 1.165) is 0 Å². The van der Waals surface area contributed by atoms with Crippen LogP contribution < -0.4 is 0 Å².